The van der Waals surface area contributed by atoms with Gasteiger partial charge in [-0.1, -0.05) is 18.2 Å². The lowest BCUT2D eigenvalue weighted by Gasteiger charge is -2.17. The molecular weight excluding hydrogens is 275 g/mol. The molecule has 0 saturated heterocycles. The molecule has 2 aromatic carbocycles. The van der Waals surface area contributed by atoms with Gasteiger partial charge in [0.25, 0.3) is 0 Å². The third-order valence-electron chi connectivity index (χ3n) is 2.80. The van der Waals surface area contributed by atoms with Crippen molar-refractivity contribution in [3.05, 3.63) is 60.2 Å². The van der Waals surface area contributed by atoms with Crippen molar-refractivity contribution in [3.8, 4) is 5.75 Å². The van der Waals surface area contributed by atoms with Crippen molar-refractivity contribution in [2.24, 2.45) is 0 Å². The standard InChI is InChI=1S/C15H15O4P/c1-12(16)13-8-10-14(11-9-13)19-20(17,18-2)15-6-4-3-5-7-15/h3-11H,1-2H3. The van der Waals surface area contributed by atoms with Crippen molar-refractivity contribution in [2.45, 2.75) is 6.92 Å². The molecule has 0 N–H and O–H groups in total. The lowest BCUT2D eigenvalue weighted by Crippen LogP contribution is -2.10. The summed E-state index contributed by atoms with van der Waals surface area (Å²) in [6, 6.07) is 15.2. The smallest absolute Gasteiger partial charge is 0.410 e. The minimum atomic E-state index is -3.40. The zero-order chi connectivity index (χ0) is 14.6. The Labute approximate surface area is 117 Å². The molecule has 0 aliphatic heterocycles. The Kier molecular flexibility index (Phi) is 4.38. The molecule has 1 atom stereocenters. The fourth-order valence-electron chi connectivity index (χ4n) is 1.70. The van der Waals surface area contributed by atoms with Gasteiger partial charge in [0.15, 0.2) is 5.78 Å². The highest BCUT2D eigenvalue weighted by atomic mass is 31.2. The average Bonchev–Trinajstić information content (AvgIpc) is 2.48. The van der Waals surface area contributed by atoms with Crippen LogP contribution in [-0.4, -0.2) is 12.9 Å². The largest absolute Gasteiger partial charge is 0.421 e. The molecule has 0 amide bonds. The molecule has 1 unspecified atom stereocenters. The second-order valence-electron chi connectivity index (χ2n) is 4.19. The molecular formula is C15H15O4P. The van der Waals surface area contributed by atoms with Gasteiger partial charge in [0.1, 0.15) is 5.75 Å². The number of hydrogen-bond acceptors (Lipinski definition) is 4. The molecule has 104 valence electrons. The first-order valence-corrected chi connectivity index (χ1v) is 7.61. The molecule has 0 radical (unpaired) electrons. The molecule has 2 aromatic rings. The Hall–Kier alpha value is -1.90. The van der Waals surface area contributed by atoms with Crippen LogP contribution in [0.25, 0.3) is 0 Å². The van der Waals surface area contributed by atoms with Crippen LogP contribution in [0, 0.1) is 0 Å². The molecule has 0 aliphatic rings. The van der Waals surface area contributed by atoms with Gasteiger partial charge in [-0.25, -0.2) is 4.57 Å². The third-order valence-corrected chi connectivity index (χ3v) is 4.66. The maximum Gasteiger partial charge on any atom is 0.410 e. The van der Waals surface area contributed by atoms with Crippen LogP contribution in [0.4, 0.5) is 0 Å². The quantitative estimate of drug-likeness (QED) is 0.625. The van der Waals surface area contributed by atoms with Crippen LogP contribution >= 0.6 is 7.60 Å². The number of carbonyl (C=O) groups is 1. The second-order valence-corrected chi connectivity index (χ2v) is 6.25. The highest BCUT2D eigenvalue weighted by molar-refractivity contribution is 7.62. The van der Waals surface area contributed by atoms with Gasteiger partial charge in [0, 0.05) is 12.7 Å². The van der Waals surface area contributed by atoms with Crippen LogP contribution in [0.15, 0.2) is 54.6 Å². The van der Waals surface area contributed by atoms with Gasteiger partial charge in [-0.15, -0.1) is 0 Å². The van der Waals surface area contributed by atoms with Crippen LogP contribution in [0.5, 0.6) is 5.75 Å². The number of rotatable bonds is 5. The first-order valence-electron chi connectivity index (χ1n) is 6.07. The van der Waals surface area contributed by atoms with E-state index in [0.29, 0.717) is 16.6 Å². The minimum Gasteiger partial charge on any atom is -0.421 e. The van der Waals surface area contributed by atoms with Gasteiger partial charge >= 0.3 is 7.60 Å². The van der Waals surface area contributed by atoms with Crippen molar-refractivity contribution >= 4 is 18.7 Å². The van der Waals surface area contributed by atoms with Crippen molar-refractivity contribution < 1.29 is 18.4 Å². The van der Waals surface area contributed by atoms with Crippen molar-refractivity contribution in [3.63, 3.8) is 0 Å². The Morgan fingerprint density at radius 3 is 2.10 bits per heavy atom. The Balaban J connectivity index is 2.26. The molecule has 0 heterocycles. The number of benzene rings is 2. The van der Waals surface area contributed by atoms with Crippen LogP contribution < -0.4 is 9.83 Å². The Morgan fingerprint density at radius 1 is 1.00 bits per heavy atom. The summed E-state index contributed by atoms with van der Waals surface area (Å²) in [6.45, 7) is 1.49. The maximum absolute atomic E-state index is 12.7. The Morgan fingerprint density at radius 2 is 1.60 bits per heavy atom. The van der Waals surface area contributed by atoms with Gasteiger partial charge in [0.2, 0.25) is 0 Å². The van der Waals surface area contributed by atoms with E-state index in [0.717, 1.165) is 0 Å². The van der Waals surface area contributed by atoms with E-state index >= 15 is 0 Å². The normalized spacial score (nSPS) is 13.5. The molecule has 20 heavy (non-hydrogen) atoms. The summed E-state index contributed by atoms with van der Waals surface area (Å²) in [5, 5.41) is 0.484. The lowest BCUT2D eigenvalue weighted by atomic mass is 10.1. The highest BCUT2D eigenvalue weighted by Gasteiger charge is 2.27. The van der Waals surface area contributed by atoms with Crippen molar-refractivity contribution in [1.29, 1.82) is 0 Å². The van der Waals surface area contributed by atoms with E-state index in [1.54, 1.807) is 48.5 Å². The minimum absolute atomic E-state index is 0.0328. The van der Waals surface area contributed by atoms with E-state index in [1.165, 1.54) is 14.0 Å². The fourth-order valence-corrected chi connectivity index (χ4v) is 3.02. The Bertz CT molecular complexity index is 635. The maximum atomic E-state index is 12.7. The zero-order valence-electron chi connectivity index (χ0n) is 11.3. The molecule has 0 spiro atoms. The van der Waals surface area contributed by atoms with Crippen LogP contribution in [0.2, 0.25) is 0 Å². The second kappa shape index (κ2) is 6.04. The van der Waals surface area contributed by atoms with E-state index < -0.39 is 7.60 Å². The van der Waals surface area contributed by atoms with Gasteiger partial charge in [-0.2, -0.15) is 0 Å². The summed E-state index contributed by atoms with van der Waals surface area (Å²) < 4.78 is 23.2. The van der Waals surface area contributed by atoms with E-state index in [4.69, 9.17) is 9.05 Å². The van der Waals surface area contributed by atoms with E-state index in [9.17, 15) is 9.36 Å². The monoisotopic (exact) mass is 290 g/mol. The highest BCUT2D eigenvalue weighted by Crippen LogP contribution is 2.46. The predicted molar refractivity (Wildman–Crippen MR) is 77.8 cm³/mol. The summed E-state index contributed by atoms with van der Waals surface area (Å²) in [5.41, 5.74) is 0.573. The topological polar surface area (TPSA) is 52.6 Å². The molecule has 0 fully saturated rings. The summed E-state index contributed by atoms with van der Waals surface area (Å²) in [6.07, 6.45) is 0. The van der Waals surface area contributed by atoms with Gasteiger partial charge < -0.3 is 4.52 Å². The zero-order valence-corrected chi connectivity index (χ0v) is 12.2. The number of hydrogen-bond donors (Lipinski definition) is 0. The van der Waals surface area contributed by atoms with Gasteiger partial charge in [-0.05, 0) is 43.3 Å². The van der Waals surface area contributed by atoms with Crippen molar-refractivity contribution in [2.75, 3.05) is 7.11 Å². The van der Waals surface area contributed by atoms with Crippen LogP contribution in [-0.2, 0) is 9.09 Å². The number of Topliss-reactive ketones (excluding diaryl/α,β-unsaturated/α-hetero) is 1. The van der Waals surface area contributed by atoms with E-state index in [2.05, 4.69) is 0 Å². The molecule has 0 aromatic heterocycles. The lowest BCUT2D eigenvalue weighted by molar-refractivity contribution is 0.101. The molecule has 0 bridgehead atoms. The van der Waals surface area contributed by atoms with Gasteiger partial charge in [0.05, 0.1) is 5.30 Å². The molecule has 5 heteroatoms. The van der Waals surface area contributed by atoms with E-state index in [1.807, 2.05) is 6.07 Å². The molecule has 2 rings (SSSR count). The first kappa shape index (κ1) is 14.5. The third kappa shape index (κ3) is 3.16. The van der Waals surface area contributed by atoms with E-state index in [-0.39, 0.29) is 5.78 Å². The number of carbonyl (C=O) groups excluding carboxylic acids is 1. The average molecular weight is 290 g/mol. The van der Waals surface area contributed by atoms with Crippen LogP contribution in [0.3, 0.4) is 0 Å². The fraction of sp³-hybridized carbons (Fsp3) is 0.133. The summed E-state index contributed by atoms with van der Waals surface area (Å²) in [7, 11) is -2.05. The van der Waals surface area contributed by atoms with Crippen molar-refractivity contribution in [1.82, 2.24) is 0 Å². The predicted octanol–water partition coefficient (Wildman–Crippen LogP) is 3.43. The summed E-state index contributed by atoms with van der Waals surface area (Å²) >= 11 is 0. The molecule has 4 nitrogen and oxygen atoms in total. The molecule has 0 saturated carbocycles. The van der Waals surface area contributed by atoms with Gasteiger partial charge in [-0.3, -0.25) is 9.32 Å². The summed E-state index contributed by atoms with van der Waals surface area (Å²) in [5.74, 6) is 0.360. The van der Waals surface area contributed by atoms with Crippen LogP contribution in [0.1, 0.15) is 17.3 Å². The first-order chi connectivity index (χ1) is 9.55. The molecule has 0 aliphatic carbocycles. The number of ketones is 1. The SMILES string of the molecule is COP(=O)(Oc1ccc(C(C)=O)cc1)c1ccccc1. The summed E-state index contributed by atoms with van der Waals surface area (Å²) in [4.78, 5) is 11.2.